The number of hydrogen-bond acceptors (Lipinski definition) is 6. The molecule has 1 aromatic heterocycles. The van der Waals surface area contributed by atoms with Crippen LogP contribution in [0.3, 0.4) is 0 Å². The highest BCUT2D eigenvalue weighted by molar-refractivity contribution is 7.98. The van der Waals surface area contributed by atoms with Gasteiger partial charge in [0, 0.05) is 22.6 Å². The molecule has 0 aliphatic heterocycles. The van der Waals surface area contributed by atoms with Crippen LogP contribution in [0.15, 0.2) is 58.3 Å². The summed E-state index contributed by atoms with van der Waals surface area (Å²) in [5.41, 5.74) is 3.89. The van der Waals surface area contributed by atoms with Crippen LogP contribution in [0.5, 0.6) is 11.5 Å². The van der Waals surface area contributed by atoms with Crippen molar-refractivity contribution < 1.29 is 23.0 Å². The number of thiazole rings is 1. The molecule has 0 saturated carbocycles. The maximum Gasteiger partial charge on any atom is 0.387 e. The number of ether oxygens (including phenoxy) is 2. The van der Waals surface area contributed by atoms with Crippen molar-refractivity contribution in [2.24, 2.45) is 0 Å². The molecule has 0 unspecified atom stereocenters. The molecule has 0 saturated heterocycles. The summed E-state index contributed by atoms with van der Waals surface area (Å²) in [6.45, 7) is -2.80. The quantitative estimate of drug-likeness (QED) is 0.480. The number of aromatic nitrogens is 1. The van der Waals surface area contributed by atoms with Gasteiger partial charge in [0.2, 0.25) is 0 Å². The van der Waals surface area contributed by atoms with E-state index in [1.165, 1.54) is 42.3 Å². The van der Waals surface area contributed by atoms with Crippen molar-refractivity contribution in [3.63, 3.8) is 0 Å². The topological polar surface area (TPSA) is 60.5 Å². The minimum Gasteiger partial charge on any atom is -0.493 e. The Kier molecular flexibility index (Phi) is 7.42. The molecule has 152 valence electrons. The maximum absolute atomic E-state index is 12.7. The second-order valence-corrected chi connectivity index (χ2v) is 7.55. The van der Waals surface area contributed by atoms with Crippen LogP contribution < -0.4 is 14.8 Å². The minimum absolute atomic E-state index is 0.0755. The molecule has 0 atom stereocenters. The molecule has 1 N–H and O–H groups in total. The molecule has 0 aliphatic carbocycles. The standard InChI is InChI=1S/C20H18F2N2O3S2/c1-26-16-7-6-13(8-17(16)27-20(21)22)9-23-19(25)15-4-2-3-5-18(15)29-11-14-10-28-12-24-14/h2-8,10,12,20H,9,11H2,1H3,(H,23,25). The van der Waals surface area contributed by atoms with E-state index in [4.69, 9.17) is 4.74 Å². The number of hydrogen-bond donors (Lipinski definition) is 1. The van der Waals surface area contributed by atoms with Crippen LogP contribution in [0.25, 0.3) is 0 Å². The van der Waals surface area contributed by atoms with Gasteiger partial charge in [-0.3, -0.25) is 4.79 Å². The fourth-order valence-electron chi connectivity index (χ4n) is 2.54. The molecule has 29 heavy (non-hydrogen) atoms. The van der Waals surface area contributed by atoms with E-state index in [0.29, 0.717) is 16.9 Å². The van der Waals surface area contributed by atoms with E-state index in [1.54, 1.807) is 23.7 Å². The van der Waals surface area contributed by atoms with Gasteiger partial charge in [-0.05, 0) is 29.8 Å². The van der Waals surface area contributed by atoms with E-state index in [0.717, 1.165) is 10.6 Å². The van der Waals surface area contributed by atoms with Gasteiger partial charge in [-0.1, -0.05) is 18.2 Å². The Morgan fingerprint density at radius 3 is 2.79 bits per heavy atom. The van der Waals surface area contributed by atoms with Crippen molar-refractivity contribution in [2.45, 2.75) is 23.8 Å². The summed E-state index contributed by atoms with van der Waals surface area (Å²) in [6.07, 6.45) is 0. The molecule has 0 spiro atoms. The summed E-state index contributed by atoms with van der Waals surface area (Å²) in [6, 6.07) is 11.9. The van der Waals surface area contributed by atoms with Crippen molar-refractivity contribution in [3.05, 3.63) is 70.2 Å². The first-order valence-corrected chi connectivity index (χ1v) is 10.5. The summed E-state index contributed by atoms with van der Waals surface area (Å²) < 4.78 is 34.6. The van der Waals surface area contributed by atoms with Crippen LogP contribution in [0, 0.1) is 0 Å². The second-order valence-electron chi connectivity index (χ2n) is 5.81. The van der Waals surface area contributed by atoms with Crippen LogP contribution in [0.2, 0.25) is 0 Å². The molecule has 1 heterocycles. The summed E-state index contributed by atoms with van der Waals surface area (Å²) >= 11 is 3.06. The molecular formula is C20H18F2N2O3S2. The van der Waals surface area contributed by atoms with Gasteiger partial charge in [0.25, 0.3) is 5.91 Å². The molecule has 2 aromatic carbocycles. The Morgan fingerprint density at radius 2 is 2.07 bits per heavy atom. The number of alkyl halides is 2. The number of carbonyl (C=O) groups excluding carboxylic acids is 1. The fourth-order valence-corrected chi connectivity index (χ4v) is 4.15. The van der Waals surface area contributed by atoms with Crippen molar-refractivity contribution in [2.75, 3.05) is 7.11 Å². The minimum atomic E-state index is -2.96. The van der Waals surface area contributed by atoms with E-state index in [1.807, 2.05) is 17.5 Å². The predicted octanol–water partition coefficient (Wildman–Crippen LogP) is 4.98. The first-order valence-electron chi connectivity index (χ1n) is 8.55. The fraction of sp³-hybridized carbons (Fsp3) is 0.200. The van der Waals surface area contributed by atoms with Crippen LogP contribution in [-0.4, -0.2) is 24.6 Å². The molecule has 5 nitrogen and oxygen atoms in total. The summed E-state index contributed by atoms with van der Waals surface area (Å²) in [4.78, 5) is 17.8. The Hall–Kier alpha value is -2.65. The van der Waals surface area contributed by atoms with Gasteiger partial charge < -0.3 is 14.8 Å². The number of thioether (sulfide) groups is 1. The van der Waals surface area contributed by atoms with E-state index in [9.17, 15) is 13.6 Å². The second kappa shape index (κ2) is 10.2. The lowest BCUT2D eigenvalue weighted by Gasteiger charge is -2.13. The van der Waals surface area contributed by atoms with Crippen molar-refractivity contribution >= 4 is 29.0 Å². The lowest BCUT2D eigenvalue weighted by atomic mass is 10.1. The van der Waals surface area contributed by atoms with Crippen molar-refractivity contribution in [1.29, 1.82) is 0 Å². The van der Waals surface area contributed by atoms with Gasteiger partial charge in [-0.2, -0.15) is 8.78 Å². The number of nitrogens with one attached hydrogen (secondary N) is 1. The SMILES string of the molecule is COc1ccc(CNC(=O)c2ccccc2SCc2cscn2)cc1OC(F)F. The highest BCUT2D eigenvalue weighted by Crippen LogP contribution is 2.30. The zero-order valence-electron chi connectivity index (χ0n) is 15.4. The molecule has 0 aliphatic rings. The number of carbonyl (C=O) groups is 1. The van der Waals surface area contributed by atoms with E-state index in [2.05, 4.69) is 15.0 Å². The van der Waals surface area contributed by atoms with Crippen LogP contribution in [0.1, 0.15) is 21.6 Å². The van der Waals surface area contributed by atoms with Gasteiger partial charge in [0.1, 0.15) is 0 Å². The van der Waals surface area contributed by atoms with E-state index in [-0.39, 0.29) is 24.0 Å². The van der Waals surface area contributed by atoms with E-state index >= 15 is 0 Å². The van der Waals surface area contributed by atoms with Crippen LogP contribution >= 0.6 is 23.1 Å². The van der Waals surface area contributed by atoms with Gasteiger partial charge in [-0.25, -0.2) is 4.98 Å². The number of rotatable bonds is 9. The normalized spacial score (nSPS) is 10.8. The monoisotopic (exact) mass is 436 g/mol. The number of halogens is 2. The van der Waals surface area contributed by atoms with Crippen LogP contribution in [0.4, 0.5) is 8.78 Å². The number of benzene rings is 2. The van der Waals surface area contributed by atoms with Crippen LogP contribution in [-0.2, 0) is 12.3 Å². The molecule has 0 fully saturated rings. The lowest BCUT2D eigenvalue weighted by Crippen LogP contribution is -2.23. The molecule has 1 amide bonds. The number of nitrogens with zero attached hydrogens (tertiary/aromatic N) is 1. The first-order chi connectivity index (χ1) is 14.1. The predicted molar refractivity (Wildman–Crippen MR) is 109 cm³/mol. The van der Waals surface area contributed by atoms with Crippen molar-refractivity contribution in [1.82, 2.24) is 10.3 Å². The van der Waals surface area contributed by atoms with Gasteiger partial charge in [0.05, 0.1) is 23.9 Å². The molecular weight excluding hydrogens is 418 g/mol. The molecule has 3 aromatic rings. The Morgan fingerprint density at radius 1 is 1.24 bits per heavy atom. The molecule has 3 rings (SSSR count). The Bertz CT molecular complexity index is 953. The third kappa shape index (κ3) is 5.91. The third-order valence-corrected chi connectivity index (χ3v) is 5.63. The third-order valence-electron chi connectivity index (χ3n) is 3.89. The Balaban J connectivity index is 1.66. The largest absolute Gasteiger partial charge is 0.493 e. The number of methoxy groups -OCH3 is 1. The summed E-state index contributed by atoms with van der Waals surface area (Å²) in [5.74, 6) is 0.539. The van der Waals surface area contributed by atoms with Crippen molar-refractivity contribution in [3.8, 4) is 11.5 Å². The highest BCUT2D eigenvalue weighted by atomic mass is 32.2. The molecule has 9 heteroatoms. The lowest BCUT2D eigenvalue weighted by molar-refractivity contribution is -0.0512. The average Bonchev–Trinajstić information content (AvgIpc) is 3.24. The zero-order valence-corrected chi connectivity index (χ0v) is 17.1. The van der Waals surface area contributed by atoms with Gasteiger partial charge in [0.15, 0.2) is 11.5 Å². The first kappa shape index (κ1) is 21.1. The smallest absolute Gasteiger partial charge is 0.387 e. The maximum atomic E-state index is 12.7. The van der Waals surface area contributed by atoms with E-state index < -0.39 is 6.61 Å². The Labute approximate surface area is 175 Å². The molecule has 0 bridgehead atoms. The zero-order chi connectivity index (χ0) is 20.6. The number of amides is 1. The van der Waals surface area contributed by atoms with Gasteiger partial charge in [-0.15, -0.1) is 23.1 Å². The molecule has 0 radical (unpaired) electrons. The van der Waals surface area contributed by atoms with Gasteiger partial charge >= 0.3 is 6.61 Å². The highest BCUT2D eigenvalue weighted by Gasteiger charge is 2.14. The average molecular weight is 437 g/mol. The summed E-state index contributed by atoms with van der Waals surface area (Å²) in [7, 11) is 1.37. The summed E-state index contributed by atoms with van der Waals surface area (Å²) in [5, 5.41) is 4.79.